The molecule has 2 nitrogen and oxygen atoms in total. The van der Waals surface area contributed by atoms with Crippen LogP contribution in [0, 0.1) is 39.8 Å². The summed E-state index contributed by atoms with van der Waals surface area (Å²) in [5.41, 5.74) is 7.49. The lowest BCUT2D eigenvalue weighted by atomic mass is 9.93. The third-order valence-corrected chi connectivity index (χ3v) is 4.25. The molecule has 0 amide bonds. The summed E-state index contributed by atoms with van der Waals surface area (Å²) in [6.45, 7) is 10.3. The predicted octanol–water partition coefficient (Wildman–Crippen LogP) is 4.49. The minimum atomic E-state index is 0.773. The Hall–Kier alpha value is -2.09. The molecule has 0 heterocycles. The van der Waals surface area contributed by atoms with Gasteiger partial charge in [0.1, 0.15) is 0 Å². The molecule has 0 bridgehead atoms. The Morgan fingerprint density at radius 2 is 1.20 bits per heavy atom. The van der Waals surface area contributed by atoms with Crippen LogP contribution in [-0.2, 0) is 0 Å². The summed E-state index contributed by atoms with van der Waals surface area (Å²) in [6, 6.07) is 9.69. The lowest BCUT2D eigenvalue weighted by Gasteiger charge is -2.16. The lowest BCUT2D eigenvalue weighted by molar-refractivity contribution is -0.355. The van der Waals surface area contributed by atoms with Crippen LogP contribution in [0.4, 0.5) is 5.69 Å². The first-order valence-corrected chi connectivity index (χ1v) is 6.86. The first-order chi connectivity index (χ1) is 9.43. The minimum absolute atomic E-state index is 0.773. The molecular weight excluding hydrogens is 246 g/mol. The zero-order valence-corrected chi connectivity index (χ0v) is 12.8. The van der Waals surface area contributed by atoms with Crippen molar-refractivity contribution in [1.82, 2.24) is 0 Å². The number of hydrogen-bond acceptors (Lipinski definition) is 1. The van der Waals surface area contributed by atoms with Gasteiger partial charge in [-0.3, -0.25) is 0 Å². The van der Waals surface area contributed by atoms with Gasteiger partial charge in [0.2, 0.25) is 5.69 Å². The van der Waals surface area contributed by atoms with Crippen LogP contribution in [0.3, 0.4) is 0 Å². The fraction of sp³-hybridized carbons (Fsp3) is 0.278. The highest BCUT2D eigenvalue weighted by Gasteiger charge is 2.18. The van der Waals surface area contributed by atoms with Crippen molar-refractivity contribution < 1.29 is 4.74 Å². The number of benzene rings is 2. The van der Waals surface area contributed by atoms with Gasteiger partial charge in [-0.2, -0.15) is 4.74 Å². The van der Waals surface area contributed by atoms with Crippen molar-refractivity contribution in [3.05, 3.63) is 68.9 Å². The third-order valence-electron chi connectivity index (χ3n) is 4.25. The molecule has 0 unspecified atom stereocenters. The Kier molecular flexibility index (Phi) is 3.93. The lowest BCUT2D eigenvalue weighted by Crippen LogP contribution is -2.06. The average Bonchev–Trinajstić information content (AvgIpc) is 2.44. The van der Waals surface area contributed by atoms with Gasteiger partial charge in [0.05, 0.1) is 0 Å². The second-order valence-electron chi connectivity index (χ2n) is 5.34. The highest BCUT2D eigenvalue weighted by molar-refractivity contribution is 5.77. The maximum absolute atomic E-state index is 12.5. The fourth-order valence-electron chi connectivity index (χ4n) is 2.55. The van der Waals surface area contributed by atoms with Gasteiger partial charge in [-0.15, -0.1) is 0 Å². The van der Waals surface area contributed by atoms with E-state index in [9.17, 15) is 5.21 Å². The molecule has 0 aliphatic heterocycles. The van der Waals surface area contributed by atoms with Gasteiger partial charge < -0.3 is 5.21 Å². The van der Waals surface area contributed by atoms with Crippen LogP contribution in [-0.4, -0.2) is 11.0 Å². The quantitative estimate of drug-likeness (QED) is 0.341. The van der Waals surface area contributed by atoms with E-state index in [-0.39, 0.29) is 0 Å². The Balaban J connectivity index is 2.62. The molecule has 2 aromatic carbocycles. The van der Waals surface area contributed by atoms with Crippen LogP contribution in [0.25, 0.3) is 0 Å². The van der Waals surface area contributed by atoms with Gasteiger partial charge in [-0.1, -0.05) is 18.2 Å². The van der Waals surface area contributed by atoms with Crippen molar-refractivity contribution in [2.24, 2.45) is 0 Å². The minimum Gasteiger partial charge on any atom is -0.618 e. The van der Waals surface area contributed by atoms with Crippen molar-refractivity contribution in [2.45, 2.75) is 34.6 Å². The normalized spacial score (nSPS) is 11.8. The molecule has 0 aliphatic rings. The fourth-order valence-corrected chi connectivity index (χ4v) is 2.55. The van der Waals surface area contributed by atoms with Crippen molar-refractivity contribution in [2.75, 3.05) is 0 Å². The van der Waals surface area contributed by atoms with E-state index in [0.29, 0.717) is 0 Å². The first kappa shape index (κ1) is 14.3. The van der Waals surface area contributed by atoms with E-state index in [1.54, 1.807) is 6.21 Å². The molecular formula is C18H21NO. The zero-order valence-electron chi connectivity index (χ0n) is 12.8. The monoisotopic (exact) mass is 267 g/mol. The average molecular weight is 267 g/mol. The molecule has 2 heteroatoms. The van der Waals surface area contributed by atoms with Crippen molar-refractivity contribution in [1.29, 1.82) is 0 Å². The molecule has 0 saturated heterocycles. The summed E-state index contributed by atoms with van der Waals surface area (Å²) in [7, 11) is 0. The van der Waals surface area contributed by atoms with Crippen molar-refractivity contribution >= 4 is 11.9 Å². The first-order valence-electron chi connectivity index (χ1n) is 6.86. The van der Waals surface area contributed by atoms with Crippen LogP contribution in [0.5, 0.6) is 0 Å². The van der Waals surface area contributed by atoms with Gasteiger partial charge in [-0.25, -0.2) is 0 Å². The Bertz CT molecular complexity index is 641. The summed E-state index contributed by atoms with van der Waals surface area (Å²) in [6.07, 6.45) is 1.64. The molecule has 20 heavy (non-hydrogen) atoms. The van der Waals surface area contributed by atoms with E-state index in [2.05, 4.69) is 20.8 Å². The van der Waals surface area contributed by atoms with Gasteiger partial charge in [0.25, 0.3) is 0 Å². The maximum atomic E-state index is 12.5. The molecule has 104 valence electrons. The largest absolute Gasteiger partial charge is 0.618 e. The van der Waals surface area contributed by atoms with E-state index < -0.39 is 0 Å². The molecule has 2 rings (SSSR count). The van der Waals surface area contributed by atoms with E-state index in [1.807, 2.05) is 44.2 Å². The van der Waals surface area contributed by atoms with Crippen LogP contribution in [0.1, 0.15) is 33.4 Å². The van der Waals surface area contributed by atoms with E-state index in [4.69, 9.17) is 0 Å². The molecule has 2 aromatic rings. The van der Waals surface area contributed by atoms with Gasteiger partial charge >= 0.3 is 0 Å². The molecule has 0 fully saturated rings. The van der Waals surface area contributed by atoms with E-state index in [0.717, 1.165) is 27.1 Å². The van der Waals surface area contributed by atoms with Crippen LogP contribution < -0.4 is 0 Å². The van der Waals surface area contributed by atoms with E-state index in [1.165, 1.54) is 16.7 Å². The summed E-state index contributed by atoms with van der Waals surface area (Å²) in [5, 5.41) is 12.5. The second kappa shape index (κ2) is 5.49. The molecule has 0 aromatic heterocycles. The third kappa shape index (κ3) is 2.46. The van der Waals surface area contributed by atoms with Crippen LogP contribution in [0.2, 0.25) is 0 Å². The van der Waals surface area contributed by atoms with Crippen LogP contribution >= 0.6 is 0 Å². The zero-order chi connectivity index (χ0) is 14.9. The van der Waals surface area contributed by atoms with Gasteiger partial charge in [-0.05, 0) is 63.4 Å². The summed E-state index contributed by atoms with van der Waals surface area (Å²) in [5.74, 6) is 0. The van der Waals surface area contributed by atoms with E-state index >= 15 is 0 Å². The molecule has 0 aliphatic carbocycles. The van der Waals surface area contributed by atoms with Gasteiger partial charge in [0.15, 0.2) is 6.21 Å². The Morgan fingerprint density at radius 1 is 0.750 bits per heavy atom. The Morgan fingerprint density at radius 3 is 1.70 bits per heavy atom. The van der Waals surface area contributed by atoms with Gasteiger partial charge in [0, 0.05) is 16.7 Å². The van der Waals surface area contributed by atoms with Crippen LogP contribution in [0.15, 0.2) is 30.3 Å². The highest BCUT2D eigenvalue weighted by atomic mass is 16.5. The summed E-state index contributed by atoms with van der Waals surface area (Å²) in [4.78, 5) is 0. The number of nitrogens with zero attached hydrogens (tertiary/aromatic N) is 1. The molecule has 0 N–H and O–H groups in total. The molecule has 0 radical (unpaired) electrons. The summed E-state index contributed by atoms with van der Waals surface area (Å²) < 4.78 is 0.999. The topological polar surface area (TPSA) is 26.1 Å². The number of rotatable bonds is 2. The number of hydrogen-bond donors (Lipinski definition) is 0. The van der Waals surface area contributed by atoms with Crippen molar-refractivity contribution in [3.8, 4) is 0 Å². The highest BCUT2D eigenvalue weighted by Crippen LogP contribution is 2.31. The molecule has 0 saturated carbocycles. The van der Waals surface area contributed by atoms with Crippen molar-refractivity contribution in [3.63, 3.8) is 0 Å². The maximum Gasteiger partial charge on any atom is 0.222 e. The predicted molar refractivity (Wildman–Crippen MR) is 85.0 cm³/mol. The molecule has 0 spiro atoms. The Labute approximate surface area is 121 Å². The summed E-state index contributed by atoms with van der Waals surface area (Å²) >= 11 is 0. The SMILES string of the molecule is Cc1c(C)c(C)c([N+]([O-])=Cc2ccccc2)c(C)c1C. The standard InChI is InChI=1S/C18H21NO/c1-12-13(2)15(4)18(16(5)14(12)3)19(20)11-17-9-7-6-8-10-17/h6-11H,1-5H3. The molecule has 0 atom stereocenters. The second-order valence-corrected chi connectivity index (χ2v) is 5.34. The smallest absolute Gasteiger partial charge is 0.222 e.